The molecule has 0 spiro atoms. The van der Waals surface area contributed by atoms with Crippen molar-refractivity contribution in [1.29, 1.82) is 0 Å². The van der Waals surface area contributed by atoms with Gasteiger partial charge in [-0.05, 0) is 13.8 Å². The summed E-state index contributed by atoms with van der Waals surface area (Å²) in [4.78, 5) is 0. The van der Waals surface area contributed by atoms with Crippen molar-refractivity contribution in [3.8, 4) is 0 Å². The minimum atomic E-state index is -0.495. The molecule has 68 valence electrons. The highest BCUT2D eigenvalue weighted by Crippen LogP contribution is 2.15. The molecule has 3 heteroatoms. The number of aliphatic hydroxyl groups is 2. The lowest BCUT2D eigenvalue weighted by Crippen LogP contribution is -2.59. The SMILES string of the molecule is CC[N+](CC)(C(C)O)C(C)O. The summed E-state index contributed by atoms with van der Waals surface area (Å²) in [5.41, 5.74) is 0. The second-order valence-corrected chi connectivity index (χ2v) is 3.00. The minimum Gasteiger partial charge on any atom is -0.345 e. The average molecular weight is 162 g/mol. The van der Waals surface area contributed by atoms with E-state index in [-0.39, 0.29) is 0 Å². The summed E-state index contributed by atoms with van der Waals surface area (Å²) in [7, 11) is 0. The first-order valence-electron chi connectivity index (χ1n) is 4.23. The normalized spacial score (nSPS) is 18.0. The van der Waals surface area contributed by atoms with E-state index in [0.717, 1.165) is 13.1 Å². The van der Waals surface area contributed by atoms with E-state index >= 15 is 0 Å². The van der Waals surface area contributed by atoms with Crippen molar-refractivity contribution >= 4 is 0 Å². The summed E-state index contributed by atoms with van der Waals surface area (Å²) in [6, 6.07) is 0. The number of quaternary nitrogens is 1. The summed E-state index contributed by atoms with van der Waals surface area (Å²) < 4.78 is 0.361. The third-order valence-corrected chi connectivity index (χ3v) is 2.67. The molecule has 2 N–H and O–H groups in total. The van der Waals surface area contributed by atoms with Gasteiger partial charge in [-0.15, -0.1) is 0 Å². The highest BCUT2D eigenvalue weighted by molar-refractivity contribution is 4.40. The van der Waals surface area contributed by atoms with E-state index in [0.29, 0.717) is 4.48 Å². The van der Waals surface area contributed by atoms with Crippen molar-refractivity contribution in [3.05, 3.63) is 0 Å². The minimum absolute atomic E-state index is 0.361. The number of hydrogen-bond acceptors (Lipinski definition) is 2. The van der Waals surface area contributed by atoms with Crippen LogP contribution >= 0.6 is 0 Å². The molecule has 0 saturated heterocycles. The Morgan fingerprint density at radius 1 is 1.00 bits per heavy atom. The lowest BCUT2D eigenvalue weighted by atomic mass is 10.3. The van der Waals surface area contributed by atoms with Crippen LogP contribution in [-0.4, -0.2) is 40.2 Å². The van der Waals surface area contributed by atoms with E-state index in [9.17, 15) is 10.2 Å². The molecular weight excluding hydrogens is 142 g/mol. The lowest BCUT2D eigenvalue weighted by Gasteiger charge is -2.41. The second-order valence-electron chi connectivity index (χ2n) is 3.00. The summed E-state index contributed by atoms with van der Waals surface area (Å²) in [5.74, 6) is 0. The van der Waals surface area contributed by atoms with E-state index in [1.165, 1.54) is 0 Å². The van der Waals surface area contributed by atoms with E-state index in [4.69, 9.17) is 0 Å². The number of rotatable bonds is 4. The van der Waals surface area contributed by atoms with Crippen LogP contribution in [0.1, 0.15) is 27.7 Å². The van der Waals surface area contributed by atoms with Gasteiger partial charge < -0.3 is 10.2 Å². The molecule has 0 aliphatic carbocycles. The monoisotopic (exact) mass is 162 g/mol. The summed E-state index contributed by atoms with van der Waals surface area (Å²) in [6.45, 7) is 8.91. The molecule has 0 bridgehead atoms. The van der Waals surface area contributed by atoms with Crippen LogP contribution in [0, 0.1) is 0 Å². The molecule has 0 fully saturated rings. The molecule has 0 aromatic heterocycles. The lowest BCUT2D eigenvalue weighted by molar-refractivity contribution is -1.00. The second kappa shape index (κ2) is 4.04. The molecular formula is C8H20NO2+. The molecule has 0 heterocycles. The Labute approximate surface area is 68.9 Å². The maximum Gasteiger partial charge on any atom is 0.189 e. The van der Waals surface area contributed by atoms with Gasteiger partial charge in [-0.2, -0.15) is 0 Å². The van der Waals surface area contributed by atoms with Crippen LogP contribution in [0.4, 0.5) is 0 Å². The van der Waals surface area contributed by atoms with Gasteiger partial charge in [0.05, 0.1) is 13.1 Å². The van der Waals surface area contributed by atoms with Crippen LogP contribution in [0.15, 0.2) is 0 Å². The Hall–Kier alpha value is -0.120. The predicted molar refractivity (Wildman–Crippen MR) is 44.7 cm³/mol. The van der Waals surface area contributed by atoms with Crippen molar-refractivity contribution in [2.45, 2.75) is 40.2 Å². The molecule has 0 aliphatic heterocycles. The zero-order valence-corrected chi connectivity index (χ0v) is 7.91. The van der Waals surface area contributed by atoms with E-state index in [1.807, 2.05) is 13.8 Å². The quantitative estimate of drug-likeness (QED) is 0.467. The van der Waals surface area contributed by atoms with Crippen LogP contribution in [0.5, 0.6) is 0 Å². The van der Waals surface area contributed by atoms with Gasteiger partial charge in [-0.25, -0.2) is 0 Å². The van der Waals surface area contributed by atoms with Crippen molar-refractivity contribution in [3.63, 3.8) is 0 Å². The average Bonchev–Trinajstić information content (AvgIpc) is 1.90. The summed E-state index contributed by atoms with van der Waals surface area (Å²) >= 11 is 0. The zero-order chi connectivity index (χ0) is 9.07. The molecule has 0 aromatic rings. The number of hydrogen-bond donors (Lipinski definition) is 2. The van der Waals surface area contributed by atoms with Gasteiger partial charge in [0.1, 0.15) is 0 Å². The molecule has 0 rings (SSSR count). The van der Waals surface area contributed by atoms with E-state index in [2.05, 4.69) is 0 Å². The molecule has 0 amide bonds. The maximum absolute atomic E-state index is 9.45. The van der Waals surface area contributed by atoms with Crippen LogP contribution in [0.2, 0.25) is 0 Å². The van der Waals surface area contributed by atoms with Crippen molar-refractivity contribution < 1.29 is 14.7 Å². The van der Waals surface area contributed by atoms with E-state index in [1.54, 1.807) is 13.8 Å². The highest BCUT2D eigenvalue weighted by Gasteiger charge is 2.33. The topological polar surface area (TPSA) is 40.5 Å². The van der Waals surface area contributed by atoms with Crippen LogP contribution in [0.25, 0.3) is 0 Å². The van der Waals surface area contributed by atoms with Crippen LogP contribution in [-0.2, 0) is 0 Å². The fourth-order valence-electron chi connectivity index (χ4n) is 1.59. The van der Waals surface area contributed by atoms with Crippen molar-refractivity contribution in [2.24, 2.45) is 0 Å². The molecule has 11 heavy (non-hydrogen) atoms. The van der Waals surface area contributed by atoms with Gasteiger partial charge in [0.15, 0.2) is 12.5 Å². The first-order chi connectivity index (χ1) is 5.01. The Morgan fingerprint density at radius 3 is 1.27 bits per heavy atom. The Bertz CT molecular complexity index is 98.7. The Kier molecular flexibility index (Phi) is 4.00. The predicted octanol–water partition coefficient (Wildman–Crippen LogP) is 0.520. The maximum atomic E-state index is 9.45. The van der Waals surface area contributed by atoms with Gasteiger partial charge in [0.2, 0.25) is 0 Å². The molecule has 0 aliphatic rings. The molecule has 2 unspecified atom stereocenters. The highest BCUT2D eigenvalue weighted by atomic mass is 16.3. The fourth-order valence-corrected chi connectivity index (χ4v) is 1.59. The largest absolute Gasteiger partial charge is 0.345 e. The summed E-state index contributed by atoms with van der Waals surface area (Å²) in [6.07, 6.45) is -0.991. The fraction of sp³-hybridized carbons (Fsp3) is 1.00. The van der Waals surface area contributed by atoms with Gasteiger partial charge >= 0.3 is 0 Å². The first kappa shape index (κ1) is 10.9. The smallest absolute Gasteiger partial charge is 0.189 e. The molecule has 0 aromatic carbocycles. The standard InChI is InChI=1S/C8H20NO2/c1-5-9(6-2,7(3)10)8(4)11/h7-8,10-11H,5-6H2,1-4H3/q+1. The number of aliphatic hydroxyl groups excluding tert-OH is 2. The van der Waals surface area contributed by atoms with Crippen molar-refractivity contribution in [1.82, 2.24) is 0 Å². The summed E-state index contributed by atoms with van der Waals surface area (Å²) in [5, 5.41) is 18.9. The van der Waals surface area contributed by atoms with E-state index < -0.39 is 12.5 Å². The zero-order valence-electron chi connectivity index (χ0n) is 7.91. The molecule has 0 saturated carbocycles. The van der Waals surface area contributed by atoms with Gasteiger partial charge in [-0.1, -0.05) is 0 Å². The van der Waals surface area contributed by atoms with Crippen molar-refractivity contribution in [2.75, 3.05) is 13.1 Å². The van der Waals surface area contributed by atoms with Gasteiger partial charge in [0, 0.05) is 13.8 Å². The Morgan fingerprint density at radius 2 is 1.27 bits per heavy atom. The third kappa shape index (κ3) is 1.92. The molecule has 3 nitrogen and oxygen atoms in total. The van der Waals surface area contributed by atoms with Crippen LogP contribution in [0.3, 0.4) is 0 Å². The first-order valence-corrected chi connectivity index (χ1v) is 4.23. The molecule has 0 radical (unpaired) electrons. The Balaban J connectivity index is 4.46. The van der Waals surface area contributed by atoms with Gasteiger partial charge in [-0.3, -0.25) is 4.48 Å². The molecule has 2 atom stereocenters. The van der Waals surface area contributed by atoms with Gasteiger partial charge in [0.25, 0.3) is 0 Å². The third-order valence-electron chi connectivity index (χ3n) is 2.67. The number of nitrogens with zero attached hydrogens (tertiary/aromatic N) is 1. The van der Waals surface area contributed by atoms with Crippen LogP contribution < -0.4 is 0 Å².